The van der Waals surface area contributed by atoms with Gasteiger partial charge in [0.25, 0.3) is 0 Å². The van der Waals surface area contributed by atoms with Crippen molar-refractivity contribution in [3.8, 4) is 11.8 Å². The van der Waals surface area contributed by atoms with E-state index in [0.717, 1.165) is 12.8 Å². The topological polar surface area (TPSA) is 0 Å². The van der Waals surface area contributed by atoms with Gasteiger partial charge >= 0.3 is 0 Å². The van der Waals surface area contributed by atoms with Crippen molar-refractivity contribution in [1.29, 1.82) is 0 Å². The van der Waals surface area contributed by atoms with E-state index in [9.17, 15) is 0 Å². The quantitative estimate of drug-likeness (QED) is 0.451. The summed E-state index contributed by atoms with van der Waals surface area (Å²) in [4.78, 5) is 0. The first-order valence-electron chi connectivity index (χ1n) is 3.49. The third kappa shape index (κ3) is 4.97. The molecule has 0 rings (SSSR count). The summed E-state index contributed by atoms with van der Waals surface area (Å²) in [5, 5.41) is -0.0689. The largest absolute Gasteiger partial charge is 0.109 e. The van der Waals surface area contributed by atoms with Crippen molar-refractivity contribution in [3.63, 3.8) is 0 Å². The molecule has 58 valence electrons. The monoisotopic (exact) mass is 178 g/mol. The maximum atomic E-state index is 5.73. The predicted molar refractivity (Wildman–Crippen MR) is 47.6 cm³/mol. The average Bonchev–Trinajstić information content (AvgIpc) is 1.99. The van der Waals surface area contributed by atoms with Crippen LogP contribution in [-0.4, -0.2) is 10.8 Å². The zero-order chi connectivity index (χ0) is 7.98. The van der Waals surface area contributed by atoms with Crippen molar-refractivity contribution >= 4 is 23.2 Å². The second kappa shape index (κ2) is 5.89. The average molecular weight is 179 g/mol. The summed E-state index contributed by atoms with van der Waals surface area (Å²) in [7, 11) is 0. The fourth-order valence-electron chi connectivity index (χ4n) is 0.385. The van der Waals surface area contributed by atoms with E-state index < -0.39 is 0 Å². The lowest BCUT2D eigenvalue weighted by molar-refractivity contribution is 0.969. The lowest BCUT2D eigenvalue weighted by Crippen LogP contribution is -1.94. The fraction of sp³-hybridized carbons (Fsp3) is 0.750. The predicted octanol–water partition coefficient (Wildman–Crippen LogP) is 3.02. The molecule has 0 aromatic rings. The fourth-order valence-corrected chi connectivity index (χ4v) is 0.511. The Kier molecular flexibility index (Phi) is 5.97. The maximum absolute atomic E-state index is 5.73. The summed E-state index contributed by atoms with van der Waals surface area (Å²) in [5.41, 5.74) is 0. The van der Waals surface area contributed by atoms with Gasteiger partial charge in [-0.1, -0.05) is 25.7 Å². The van der Waals surface area contributed by atoms with Gasteiger partial charge in [-0.25, -0.2) is 0 Å². The van der Waals surface area contributed by atoms with Gasteiger partial charge in [0.15, 0.2) is 0 Å². The smallest absolute Gasteiger partial charge is 0.0941 e. The summed E-state index contributed by atoms with van der Waals surface area (Å²) in [6.45, 7) is 4.00. The van der Waals surface area contributed by atoms with Gasteiger partial charge in [-0.05, 0) is 12.8 Å². The Morgan fingerprint density at radius 1 is 1.00 bits per heavy atom. The summed E-state index contributed by atoms with van der Waals surface area (Å²) in [6, 6.07) is 0. The molecule has 0 aromatic carbocycles. The number of rotatable bonds is 2. The molecule has 2 atom stereocenters. The van der Waals surface area contributed by atoms with Gasteiger partial charge in [-0.3, -0.25) is 0 Å². The van der Waals surface area contributed by atoms with Gasteiger partial charge in [0.1, 0.15) is 0 Å². The molecule has 2 heteroatoms. The molecule has 0 aromatic heterocycles. The Balaban J connectivity index is 3.66. The highest BCUT2D eigenvalue weighted by molar-refractivity contribution is 6.23. The van der Waals surface area contributed by atoms with Gasteiger partial charge < -0.3 is 0 Å². The molecule has 0 spiro atoms. The molecule has 0 saturated heterocycles. The first-order valence-corrected chi connectivity index (χ1v) is 4.37. The summed E-state index contributed by atoms with van der Waals surface area (Å²) in [6.07, 6.45) is 1.75. The molecule has 0 aliphatic rings. The Labute approximate surface area is 72.9 Å². The minimum atomic E-state index is -0.0344. The number of hydrogen-bond acceptors (Lipinski definition) is 0. The van der Waals surface area contributed by atoms with Crippen LogP contribution in [0.5, 0.6) is 0 Å². The molecule has 10 heavy (non-hydrogen) atoms. The van der Waals surface area contributed by atoms with Crippen LogP contribution in [0.2, 0.25) is 0 Å². The molecule has 0 radical (unpaired) electrons. The van der Waals surface area contributed by atoms with E-state index in [1.807, 2.05) is 13.8 Å². The van der Waals surface area contributed by atoms with Crippen LogP contribution in [0, 0.1) is 11.8 Å². The Morgan fingerprint density at radius 2 is 1.30 bits per heavy atom. The van der Waals surface area contributed by atoms with Crippen molar-refractivity contribution in [1.82, 2.24) is 0 Å². The van der Waals surface area contributed by atoms with Crippen molar-refractivity contribution in [2.24, 2.45) is 0 Å². The van der Waals surface area contributed by atoms with Gasteiger partial charge in [0.05, 0.1) is 10.8 Å². The first-order chi connectivity index (χ1) is 4.70. The molecule has 0 aliphatic carbocycles. The van der Waals surface area contributed by atoms with Crippen LogP contribution >= 0.6 is 23.2 Å². The van der Waals surface area contributed by atoms with Crippen LogP contribution in [0.4, 0.5) is 0 Å². The normalized spacial score (nSPS) is 15.2. The second-order valence-corrected chi connectivity index (χ2v) is 3.09. The van der Waals surface area contributed by atoms with Gasteiger partial charge in [0.2, 0.25) is 0 Å². The molecule has 0 aliphatic heterocycles. The van der Waals surface area contributed by atoms with Crippen LogP contribution in [0.1, 0.15) is 26.7 Å². The minimum Gasteiger partial charge on any atom is -0.109 e. The van der Waals surface area contributed by atoms with Crippen molar-refractivity contribution in [2.45, 2.75) is 37.4 Å². The highest BCUT2D eigenvalue weighted by Gasteiger charge is 1.95. The molecule has 0 nitrogen and oxygen atoms in total. The van der Waals surface area contributed by atoms with E-state index >= 15 is 0 Å². The van der Waals surface area contributed by atoms with Crippen molar-refractivity contribution < 1.29 is 0 Å². The summed E-state index contributed by atoms with van der Waals surface area (Å²) >= 11 is 11.5. The molecule has 0 amide bonds. The highest BCUT2D eigenvalue weighted by atomic mass is 35.5. The van der Waals surface area contributed by atoms with E-state index in [2.05, 4.69) is 11.8 Å². The van der Waals surface area contributed by atoms with E-state index in [1.165, 1.54) is 0 Å². The van der Waals surface area contributed by atoms with Crippen LogP contribution < -0.4 is 0 Å². The van der Waals surface area contributed by atoms with E-state index in [4.69, 9.17) is 23.2 Å². The standard InChI is InChI=1S/C8H12Cl2/c1-3-7(9)5-6-8(10)4-2/h7-8H,3-4H2,1-2H3. The minimum absolute atomic E-state index is 0.0344. The van der Waals surface area contributed by atoms with Gasteiger partial charge in [-0.15, -0.1) is 23.2 Å². The summed E-state index contributed by atoms with van der Waals surface area (Å²) < 4.78 is 0. The molecular formula is C8H12Cl2. The summed E-state index contributed by atoms with van der Waals surface area (Å²) in [5.74, 6) is 5.73. The number of halogens is 2. The van der Waals surface area contributed by atoms with E-state index in [0.29, 0.717) is 0 Å². The molecule has 0 N–H and O–H groups in total. The van der Waals surface area contributed by atoms with E-state index in [-0.39, 0.29) is 10.8 Å². The van der Waals surface area contributed by atoms with Gasteiger partial charge in [-0.2, -0.15) is 0 Å². The first kappa shape index (κ1) is 10.1. The molecule has 0 saturated carbocycles. The SMILES string of the molecule is CCC(Cl)C#CC(Cl)CC. The Morgan fingerprint density at radius 3 is 1.50 bits per heavy atom. The lowest BCUT2D eigenvalue weighted by atomic mass is 10.3. The van der Waals surface area contributed by atoms with Crippen LogP contribution in [0.25, 0.3) is 0 Å². The lowest BCUT2D eigenvalue weighted by Gasteiger charge is -1.95. The highest BCUT2D eigenvalue weighted by Crippen LogP contribution is 2.01. The molecule has 0 bridgehead atoms. The third-order valence-corrected chi connectivity index (χ3v) is 1.95. The van der Waals surface area contributed by atoms with Crippen molar-refractivity contribution in [2.75, 3.05) is 0 Å². The third-order valence-electron chi connectivity index (χ3n) is 1.11. The Bertz CT molecular complexity index is 118. The Hall–Kier alpha value is 0.140. The second-order valence-electron chi connectivity index (χ2n) is 2.04. The maximum Gasteiger partial charge on any atom is 0.0941 e. The zero-order valence-electron chi connectivity index (χ0n) is 6.32. The van der Waals surface area contributed by atoms with Crippen LogP contribution in [0.3, 0.4) is 0 Å². The molecule has 2 unspecified atom stereocenters. The zero-order valence-corrected chi connectivity index (χ0v) is 7.84. The van der Waals surface area contributed by atoms with Crippen molar-refractivity contribution in [3.05, 3.63) is 0 Å². The molecule has 0 fully saturated rings. The van der Waals surface area contributed by atoms with E-state index in [1.54, 1.807) is 0 Å². The van der Waals surface area contributed by atoms with Crippen LogP contribution in [-0.2, 0) is 0 Å². The number of alkyl halides is 2. The van der Waals surface area contributed by atoms with Gasteiger partial charge in [0, 0.05) is 0 Å². The van der Waals surface area contributed by atoms with Crippen LogP contribution in [0.15, 0.2) is 0 Å². The molecular weight excluding hydrogens is 167 g/mol. The molecule has 0 heterocycles. The number of hydrogen-bond donors (Lipinski definition) is 0.